The first kappa shape index (κ1) is 13.8. The number of carbonyl (C=O) groups is 1. The van der Waals surface area contributed by atoms with Crippen molar-refractivity contribution in [2.75, 3.05) is 0 Å². The van der Waals surface area contributed by atoms with E-state index in [1.54, 1.807) is 0 Å². The van der Waals surface area contributed by atoms with Crippen molar-refractivity contribution in [3.05, 3.63) is 64.1 Å². The van der Waals surface area contributed by atoms with Crippen LogP contribution in [0.15, 0.2) is 47.1 Å². The van der Waals surface area contributed by atoms with Gasteiger partial charge in [-0.3, -0.25) is 4.79 Å². The van der Waals surface area contributed by atoms with Gasteiger partial charge in [-0.05, 0) is 36.8 Å². The van der Waals surface area contributed by atoms with Gasteiger partial charge in [-0.25, -0.2) is 4.98 Å². The van der Waals surface area contributed by atoms with Gasteiger partial charge >= 0.3 is 0 Å². The van der Waals surface area contributed by atoms with Gasteiger partial charge < -0.3 is 9.14 Å². The fraction of sp³-hybridized carbons (Fsp3) is 0.125. The summed E-state index contributed by atoms with van der Waals surface area (Å²) in [6, 6.07) is 11.6. The van der Waals surface area contributed by atoms with Crippen molar-refractivity contribution in [2.24, 2.45) is 0 Å². The summed E-state index contributed by atoms with van der Waals surface area (Å²) in [6.45, 7) is 2.32. The maximum absolute atomic E-state index is 11.1. The number of aryl methyl sites for hydroxylation is 1. The third kappa shape index (κ3) is 2.83. The highest BCUT2D eigenvalue weighted by Crippen LogP contribution is 2.19. The van der Waals surface area contributed by atoms with Crippen LogP contribution in [0.1, 0.15) is 21.9 Å². The Bertz CT molecular complexity index is 811. The minimum Gasteiger partial charge on any atom is -0.486 e. The van der Waals surface area contributed by atoms with Crippen LogP contribution in [-0.4, -0.2) is 15.7 Å². The Morgan fingerprint density at radius 2 is 2.19 bits per heavy atom. The van der Waals surface area contributed by atoms with Crippen LogP contribution >= 0.6 is 15.9 Å². The highest BCUT2D eigenvalue weighted by atomic mass is 79.9. The molecule has 0 aliphatic heterocycles. The van der Waals surface area contributed by atoms with E-state index in [4.69, 9.17) is 4.74 Å². The summed E-state index contributed by atoms with van der Waals surface area (Å²) in [6.07, 6.45) is 2.63. The molecule has 0 bridgehead atoms. The number of hydrogen-bond acceptors (Lipinski definition) is 3. The first-order valence-electron chi connectivity index (χ1n) is 6.48. The summed E-state index contributed by atoms with van der Waals surface area (Å²) in [7, 11) is 0. The quantitative estimate of drug-likeness (QED) is 0.676. The van der Waals surface area contributed by atoms with E-state index in [2.05, 4.69) is 20.9 Å². The number of pyridine rings is 1. The van der Waals surface area contributed by atoms with Crippen molar-refractivity contribution in [3.63, 3.8) is 0 Å². The monoisotopic (exact) mass is 344 g/mol. The Balaban J connectivity index is 1.92. The number of benzene rings is 1. The lowest BCUT2D eigenvalue weighted by atomic mass is 10.2. The molecule has 0 amide bonds. The number of rotatable bonds is 4. The lowest BCUT2D eigenvalue weighted by Crippen LogP contribution is -2.01. The van der Waals surface area contributed by atoms with E-state index in [0.29, 0.717) is 18.1 Å². The lowest BCUT2D eigenvalue weighted by Gasteiger charge is -2.06. The molecule has 0 saturated carbocycles. The molecule has 106 valence electrons. The number of nitrogens with zero attached hydrogens (tertiary/aromatic N) is 2. The second-order valence-corrected chi connectivity index (χ2v) is 5.65. The Morgan fingerprint density at radius 3 is 2.95 bits per heavy atom. The molecule has 0 atom stereocenters. The summed E-state index contributed by atoms with van der Waals surface area (Å²) in [4.78, 5) is 15.5. The van der Waals surface area contributed by atoms with E-state index >= 15 is 0 Å². The van der Waals surface area contributed by atoms with E-state index < -0.39 is 0 Å². The smallest absolute Gasteiger partial charge is 0.170 e. The second kappa shape index (κ2) is 5.69. The minimum absolute atomic E-state index is 0.306. The third-order valence-corrected chi connectivity index (χ3v) is 3.67. The number of ether oxygens (including phenoxy) is 1. The molecule has 3 aromatic rings. The number of fused-ring (bicyclic) bond motifs is 1. The zero-order chi connectivity index (χ0) is 14.8. The number of imidazole rings is 1. The standard InChI is InChI=1S/C16H13BrN2O2/c1-11-3-2-4-13(7-11)21-10-16-18-14(9-20)15-8-12(17)5-6-19(15)16/h2-9H,10H2,1H3. The Hall–Kier alpha value is -2.14. The molecule has 0 saturated heterocycles. The molecule has 0 aliphatic rings. The summed E-state index contributed by atoms with van der Waals surface area (Å²) >= 11 is 3.40. The summed E-state index contributed by atoms with van der Waals surface area (Å²) in [5.41, 5.74) is 2.32. The average Bonchev–Trinajstić information content (AvgIpc) is 2.82. The molecular weight excluding hydrogens is 332 g/mol. The molecule has 2 aromatic heterocycles. The van der Waals surface area contributed by atoms with Crippen molar-refractivity contribution >= 4 is 27.7 Å². The summed E-state index contributed by atoms with van der Waals surface area (Å²) in [5.74, 6) is 1.48. The molecule has 1 aromatic carbocycles. The van der Waals surface area contributed by atoms with Crippen molar-refractivity contribution in [2.45, 2.75) is 13.5 Å². The van der Waals surface area contributed by atoms with Gasteiger partial charge in [-0.2, -0.15) is 0 Å². The summed E-state index contributed by atoms with van der Waals surface area (Å²) < 4.78 is 8.53. The topological polar surface area (TPSA) is 43.6 Å². The molecule has 3 rings (SSSR count). The molecular formula is C16H13BrN2O2. The molecule has 0 aliphatic carbocycles. The van der Waals surface area contributed by atoms with E-state index in [1.165, 1.54) is 0 Å². The molecule has 5 heteroatoms. The van der Waals surface area contributed by atoms with Crippen molar-refractivity contribution < 1.29 is 9.53 Å². The van der Waals surface area contributed by atoms with Gasteiger partial charge in [0.15, 0.2) is 12.1 Å². The molecule has 0 fully saturated rings. The third-order valence-electron chi connectivity index (χ3n) is 3.18. The van der Waals surface area contributed by atoms with Crippen LogP contribution in [0.4, 0.5) is 0 Å². The van der Waals surface area contributed by atoms with Crippen LogP contribution in [0.2, 0.25) is 0 Å². The van der Waals surface area contributed by atoms with Gasteiger partial charge in [0.25, 0.3) is 0 Å². The van der Waals surface area contributed by atoms with Gasteiger partial charge in [0.2, 0.25) is 0 Å². The van der Waals surface area contributed by atoms with Crippen LogP contribution in [0, 0.1) is 6.92 Å². The fourth-order valence-corrected chi connectivity index (χ4v) is 2.52. The highest BCUT2D eigenvalue weighted by Gasteiger charge is 2.11. The number of carbonyl (C=O) groups excluding carboxylic acids is 1. The Labute approximate surface area is 130 Å². The van der Waals surface area contributed by atoms with Gasteiger partial charge in [0.05, 0.1) is 5.52 Å². The van der Waals surface area contributed by atoms with Crippen LogP contribution < -0.4 is 4.74 Å². The van der Waals surface area contributed by atoms with Crippen molar-refractivity contribution in [1.29, 1.82) is 0 Å². The van der Waals surface area contributed by atoms with Crippen molar-refractivity contribution in [3.8, 4) is 5.75 Å². The van der Waals surface area contributed by atoms with E-state index in [9.17, 15) is 4.79 Å². The number of halogens is 1. The maximum Gasteiger partial charge on any atom is 0.170 e. The fourth-order valence-electron chi connectivity index (χ4n) is 2.19. The first-order valence-corrected chi connectivity index (χ1v) is 7.28. The summed E-state index contributed by atoms with van der Waals surface area (Å²) in [5, 5.41) is 0. The number of aromatic nitrogens is 2. The van der Waals surface area contributed by atoms with E-state index in [-0.39, 0.29) is 0 Å². The zero-order valence-electron chi connectivity index (χ0n) is 11.4. The van der Waals surface area contributed by atoms with E-state index in [1.807, 2.05) is 53.9 Å². The van der Waals surface area contributed by atoms with E-state index in [0.717, 1.165) is 27.6 Å². The van der Waals surface area contributed by atoms with Gasteiger partial charge in [0.1, 0.15) is 18.1 Å². The van der Waals surface area contributed by atoms with Gasteiger partial charge in [-0.1, -0.05) is 28.1 Å². The predicted molar refractivity (Wildman–Crippen MR) is 83.8 cm³/mol. The largest absolute Gasteiger partial charge is 0.486 e. The number of aldehydes is 1. The molecule has 4 nitrogen and oxygen atoms in total. The SMILES string of the molecule is Cc1cccc(OCc2nc(C=O)c3cc(Br)ccn23)c1. The molecule has 0 spiro atoms. The molecule has 0 radical (unpaired) electrons. The predicted octanol–water partition coefficient (Wildman–Crippen LogP) is 3.80. The molecule has 0 N–H and O–H groups in total. The normalized spacial score (nSPS) is 10.8. The van der Waals surface area contributed by atoms with Crippen LogP contribution in [-0.2, 0) is 6.61 Å². The highest BCUT2D eigenvalue weighted by molar-refractivity contribution is 9.10. The minimum atomic E-state index is 0.306. The van der Waals surface area contributed by atoms with Crippen LogP contribution in [0.25, 0.3) is 5.52 Å². The van der Waals surface area contributed by atoms with Gasteiger partial charge in [0, 0.05) is 10.7 Å². The molecule has 0 unspecified atom stereocenters. The average molecular weight is 345 g/mol. The first-order chi connectivity index (χ1) is 10.2. The number of hydrogen-bond donors (Lipinski definition) is 0. The lowest BCUT2D eigenvalue weighted by molar-refractivity contribution is 0.112. The second-order valence-electron chi connectivity index (χ2n) is 4.74. The molecule has 2 heterocycles. The van der Waals surface area contributed by atoms with Crippen molar-refractivity contribution in [1.82, 2.24) is 9.38 Å². The Kier molecular flexibility index (Phi) is 3.75. The molecule has 21 heavy (non-hydrogen) atoms. The maximum atomic E-state index is 11.1. The van der Waals surface area contributed by atoms with Crippen LogP contribution in [0.3, 0.4) is 0 Å². The Morgan fingerprint density at radius 1 is 1.33 bits per heavy atom. The van der Waals surface area contributed by atoms with Crippen LogP contribution in [0.5, 0.6) is 5.75 Å². The zero-order valence-corrected chi connectivity index (χ0v) is 13.0. The van der Waals surface area contributed by atoms with Gasteiger partial charge in [-0.15, -0.1) is 0 Å².